The van der Waals surface area contributed by atoms with Crippen molar-refractivity contribution in [1.29, 1.82) is 0 Å². The van der Waals surface area contributed by atoms with Crippen LogP contribution in [0.1, 0.15) is 33.1 Å². The number of carboxylic acid groups (broad SMARTS) is 1. The minimum absolute atomic E-state index is 0.0747. The van der Waals surface area contributed by atoms with E-state index in [2.05, 4.69) is 0 Å². The predicted molar refractivity (Wildman–Crippen MR) is 56.4 cm³/mol. The van der Waals surface area contributed by atoms with Crippen molar-refractivity contribution >= 4 is 11.9 Å². The average Bonchev–Trinajstić information content (AvgIpc) is 2.86. The Labute approximate surface area is 90.3 Å². The van der Waals surface area contributed by atoms with E-state index in [1.807, 2.05) is 0 Å². The minimum atomic E-state index is -0.963. The van der Waals surface area contributed by atoms with Crippen LogP contribution < -0.4 is 0 Å². The largest absolute Gasteiger partial charge is 0.481 e. The minimum Gasteiger partial charge on any atom is -0.481 e. The average molecular weight is 213 g/mol. The van der Waals surface area contributed by atoms with Crippen LogP contribution in [0.25, 0.3) is 0 Å². The fourth-order valence-corrected chi connectivity index (χ4v) is 1.38. The number of nitrogens with zero attached hydrogens (tertiary/aromatic N) is 1. The molecule has 4 heteroatoms. The molecule has 1 rings (SSSR count). The van der Waals surface area contributed by atoms with Crippen LogP contribution in [0.15, 0.2) is 0 Å². The van der Waals surface area contributed by atoms with E-state index < -0.39 is 11.4 Å². The topological polar surface area (TPSA) is 57.6 Å². The predicted octanol–water partition coefficient (Wildman–Crippen LogP) is 1.36. The summed E-state index contributed by atoms with van der Waals surface area (Å²) in [6, 6.07) is 0. The molecule has 1 N–H and O–H groups in total. The van der Waals surface area contributed by atoms with Crippen LogP contribution in [-0.2, 0) is 9.59 Å². The number of hydrogen-bond donors (Lipinski definition) is 1. The maximum Gasteiger partial charge on any atom is 0.309 e. The third-order valence-electron chi connectivity index (χ3n) is 2.83. The Morgan fingerprint density at radius 3 is 2.33 bits per heavy atom. The van der Waals surface area contributed by atoms with E-state index in [1.54, 1.807) is 25.8 Å². The Balaban J connectivity index is 2.42. The molecule has 4 nitrogen and oxygen atoms in total. The lowest BCUT2D eigenvalue weighted by molar-refractivity contribution is -0.151. The Morgan fingerprint density at radius 1 is 1.40 bits per heavy atom. The summed E-state index contributed by atoms with van der Waals surface area (Å²) in [6.45, 7) is 3.94. The second-order valence-corrected chi connectivity index (χ2v) is 5.08. The lowest BCUT2D eigenvalue weighted by atomic mass is 9.89. The second kappa shape index (κ2) is 4.21. The van der Waals surface area contributed by atoms with Crippen molar-refractivity contribution in [2.75, 3.05) is 13.6 Å². The summed E-state index contributed by atoms with van der Waals surface area (Å²) in [5.41, 5.74) is -0.963. The second-order valence-electron chi connectivity index (χ2n) is 5.08. The van der Waals surface area contributed by atoms with E-state index >= 15 is 0 Å². The van der Waals surface area contributed by atoms with Crippen LogP contribution in [0.2, 0.25) is 0 Å². The molecule has 0 aromatic rings. The molecule has 0 atom stereocenters. The molecule has 0 saturated heterocycles. The monoisotopic (exact) mass is 213 g/mol. The number of amides is 1. The zero-order valence-electron chi connectivity index (χ0n) is 9.62. The van der Waals surface area contributed by atoms with Crippen LogP contribution in [0.5, 0.6) is 0 Å². The molecule has 86 valence electrons. The van der Waals surface area contributed by atoms with Gasteiger partial charge in [-0.25, -0.2) is 0 Å². The summed E-state index contributed by atoms with van der Waals surface area (Å²) < 4.78 is 0. The molecule has 0 unspecified atom stereocenters. The molecule has 1 amide bonds. The van der Waals surface area contributed by atoms with Crippen LogP contribution in [0, 0.1) is 11.3 Å². The molecule has 0 spiro atoms. The van der Waals surface area contributed by atoms with Gasteiger partial charge in [0.15, 0.2) is 0 Å². The van der Waals surface area contributed by atoms with E-state index in [9.17, 15) is 9.59 Å². The SMILES string of the molecule is CN(CC1CC1)C(=O)CC(C)(C)C(=O)O. The molecule has 1 aliphatic rings. The number of carbonyl (C=O) groups excluding carboxylic acids is 1. The molecule has 0 aromatic carbocycles. The molecule has 0 aromatic heterocycles. The van der Waals surface area contributed by atoms with E-state index in [0.29, 0.717) is 5.92 Å². The van der Waals surface area contributed by atoms with Gasteiger partial charge >= 0.3 is 5.97 Å². The Kier molecular flexibility index (Phi) is 3.37. The van der Waals surface area contributed by atoms with Crippen LogP contribution >= 0.6 is 0 Å². The molecular formula is C11H19NO3. The third kappa shape index (κ3) is 3.53. The fraction of sp³-hybridized carbons (Fsp3) is 0.818. The molecule has 0 heterocycles. The number of aliphatic carboxylic acids is 1. The van der Waals surface area contributed by atoms with Crippen molar-refractivity contribution in [2.45, 2.75) is 33.1 Å². The summed E-state index contributed by atoms with van der Waals surface area (Å²) >= 11 is 0. The van der Waals surface area contributed by atoms with Crippen LogP contribution in [-0.4, -0.2) is 35.5 Å². The summed E-state index contributed by atoms with van der Waals surface area (Å²) in [6.07, 6.45) is 2.46. The first kappa shape index (κ1) is 12.0. The van der Waals surface area contributed by atoms with Crippen LogP contribution in [0.4, 0.5) is 0 Å². The smallest absolute Gasteiger partial charge is 0.309 e. The Hall–Kier alpha value is -1.06. The zero-order valence-corrected chi connectivity index (χ0v) is 9.62. The molecule has 15 heavy (non-hydrogen) atoms. The highest BCUT2D eigenvalue weighted by Gasteiger charge is 2.32. The van der Waals surface area contributed by atoms with Gasteiger partial charge in [0, 0.05) is 20.0 Å². The molecule has 0 radical (unpaired) electrons. The van der Waals surface area contributed by atoms with Gasteiger partial charge in [0.2, 0.25) is 5.91 Å². The highest BCUT2D eigenvalue weighted by Crippen LogP contribution is 2.30. The number of carbonyl (C=O) groups is 2. The highest BCUT2D eigenvalue weighted by atomic mass is 16.4. The van der Waals surface area contributed by atoms with Gasteiger partial charge in [-0.2, -0.15) is 0 Å². The summed E-state index contributed by atoms with van der Waals surface area (Å²) in [5.74, 6) is -0.350. The van der Waals surface area contributed by atoms with Gasteiger partial charge in [-0.05, 0) is 32.6 Å². The van der Waals surface area contributed by atoms with Gasteiger partial charge in [0.05, 0.1) is 5.41 Å². The summed E-state index contributed by atoms with van der Waals surface area (Å²) in [5, 5.41) is 8.90. The van der Waals surface area contributed by atoms with E-state index in [-0.39, 0.29) is 12.3 Å². The van der Waals surface area contributed by atoms with E-state index in [4.69, 9.17) is 5.11 Å². The van der Waals surface area contributed by atoms with E-state index in [1.165, 1.54) is 12.8 Å². The van der Waals surface area contributed by atoms with Gasteiger partial charge in [-0.1, -0.05) is 0 Å². The molecule has 1 aliphatic carbocycles. The molecular weight excluding hydrogens is 194 g/mol. The van der Waals surface area contributed by atoms with Crippen LogP contribution in [0.3, 0.4) is 0 Å². The van der Waals surface area contributed by atoms with Gasteiger partial charge in [0.1, 0.15) is 0 Å². The lowest BCUT2D eigenvalue weighted by Crippen LogP contribution is -2.35. The van der Waals surface area contributed by atoms with Crippen molar-refractivity contribution in [3.63, 3.8) is 0 Å². The number of rotatable bonds is 5. The summed E-state index contributed by atoms with van der Waals surface area (Å²) in [7, 11) is 1.75. The van der Waals surface area contributed by atoms with Gasteiger partial charge < -0.3 is 10.0 Å². The standard InChI is InChI=1S/C11H19NO3/c1-11(2,10(14)15)6-9(13)12(3)7-8-4-5-8/h8H,4-7H2,1-3H3,(H,14,15). The molecule has 1 fully saturated rings. The lowest BCUT2D eigenvalue weighted by Gasteiger charge is -2.23. The Morgan fingerprint density at radius 2 is 1.93 bits per heavy atom. The van der Waals surface area contributed by atoms with Crippen molar-refractivity contribution in [2.24, 2.45) is 11.3 Å². The van der Waals surface area contributed by atoms with Gasteiger partial charge in [-0.3, -0.25) is 9.59 Å². The van der Waals surface area contributed by atoms with Crippen molar-refractivity contribution in [3.05, 3.63) is 0 Å². The third-order valence-corrected chi connectivity index (χ3v) is 2.83. The van der Waals surface area contributed by atoms with Gasteiger partial charge in [0.25, 0.3) is 0 Å². The quantitative estimate of drug-likeness (QED) is 0.750. The first-order chi connectivity index (χ1) is 6.83. The Bertz CT molecular complexity index is 269. The van der Waals surface area contributed by atoms with Crippen molar-refractivity contribution in [3.8, 4) is 0 Å². The maximum absolute atomic E-state index is 11.7. The van der Waals surface area contributed by atoms with E-state index in [0.717, 1.165) is 6.54 Å². The van der Waals surface area contributed by atoms with Gasteiger partial charge in [-0.15, -0.1) is 0 Å². The molecule has 0 aliphatic heterocycles. The van der Waals surface area contributed by atoms with Crippen molar-refractivity contribution in [1.82, 2.24) is 4.90 Å². The number of hydrogen-bond acceptors (Lipinski definition) is 2. The summed E-state index contributed by atoms with van der Waals surface area (Å²) in [4.78, 5) is 24.2. The number of carboxylic acids is 1. The first-order valence-corrected chi connectivity index (χ1v) is 5.30. The zero-order chi connectivity index (χ0) is 11.6. The molecule has 0 bridgehead atoms. The highest BCUT2D eigenvalue weighted by molar-refractivity contribution is 5.84. The maximum atomic E-state index is 11.7. The fourth-order valence-electron chi connectivity index (χ4n) is 1.38. The molecule has 1 saturated carbocycles. The first-order valence-electron chi connectivity index (χ1n) is 5.30. The van der Waals surface area contributed by atoms with Crippen molar-refractivity contribution < 1.29 is 14.7 Å². The normalized spacial score (nSPS) is 16.2.